The molecule has 2 aliphatic carbocycles. The Bertz CT molecular complexity index is 530. The molecular weight excluding hydrogens is 262 g/mol. The minimum Gasteiger partial charge on any atom is -0.352 e. The van der Waals surface area contributed by atoms with Crippen LogP contribution in [-0.2, 0) is 17.8 Å². The molecule has 1 aromatic rings. The number of aryl methyl sites for hydroxylation is 2. The summed E-state index contributed by atoms with van der Waals surface area (Å²) in [7, 11) is 0. The molecule has 21 heavy (non-hydrogen) atoms. The van der Waals surface area contributed by atoms with E-state index in [1.807, 2.05) is 6.92 Å². The molecule has 0 radical (unpaired) electrons. The van der Waals surface area contributed by atoms with Gasteiger partial charge in [-0.2, -0.15) is 0 Å². The quantitative estimate of drug-likeness (QED) is 0.904. The number of nitrogens with one attached hydrogen (secondary N) is 1. The topological polar surface area (TPSA) is 46.9 Å². The smallest absolute Gasteiger partial charge is 0.220 e. The van der Waals surface area contributed by atoms with Crippen molar-refractivity contribution in [2.45, 2.75) is 64.5 Å². The monoisotopic (exact) mass is 287 g/mol. The molecule has 3 aliphatic rings. The first-order valence-corrected chi connectivity index (χ1v) is 8.51. The van der Waals surface area contributed by atoms with Crippen molar-refractivity contribution in [3.8, 4) is 0 Å². The first-order chi connectivity index (χ1) is 10.2. The summed E-state index contributed by atoms with van der Waals surface area (Å²) in [6.07, 6.45) is 10.3. The summed E-state index contributed by atoms with van der Waals surface area (Å²) in [5.74, 6) is 3.85. The van der Waals surface area contributed by atoms with Crippen molar-refractivity contribution >= 4 is 5.91 Å². The first-order valence-electron chi connectivity index (χ1n) is 8.51. The van der Waals surface area contributed by atoms with Gasteiger partial charge in [-0.25, -0.2) is 4.98 Å². The summed E-state index contributed by atoms with van der Waals surface area (Å²) in [5.41, 5.74) is 1.08. The molecule has 1 aliphatic heterocycles. The first kappa shape index (κ1) is 13.4. The van der Waals surface area contributed by atoms with Gasteiger partial charge in [-0.1, -0.05) is 0 Å². The zero-order valence-corrected chi connectivity index (χ0v) is 12.8. The van der Waals surface area contributed by atoms with E-state index in [1.54, 1.807) is 0 Å². The number of fused-ring (bicyclic) bond motifs is 1. The van der Waals surface area contributed by atoms with Crippen LogP contribution in [0.1, 0.15) is 50.0 Å². The molecule has 4 nitrogen and oxygen atoms in total. The van der Waals surface area contributed by atoms with Crippen LogP contribution in [0.25, 0.3) is 0 Å². The van der Waals surface area contributed by atoms with E-state index in [9.17, 15) is 4.79 Å². The van der Waals surface area contributed by atoms with Gasteiger partial charge in [0, 0.05) is 31.6 Å². The fourth-order valence-electron chi connectivity index (χ4n) is 3.97. The van der Waals surface area contributed by atoms with Crippen LogP contribution in [0.4, 0.5) is 0 Å². The summed E-state index contributed by atoms with van der Waals surface area (Å²) in [5, 5.41) is 3.28. The third kappa shape index (κ3) is 2.99. The lowest BCUT2D eigenvalue weighted by Crippen LogP contribution is -2.41. The van der Waals surface area contributed by atoms with Gasteiger partial charge in [-0.15, -0.1) is 0 Å². The van der Waals surface area contributed by atoms with Crippen molar-refractivity contribution < 1.29 is 4.79 Å². The van der Waals surface area contributed by atoms with Crippen LogP contribution in [0.15, 0.2) is 6.20 Å². The highest BCUT2D eigenvalue weighted by atomic mass is 16.1. The molecule has 2 saturated carbocycles. The van der Waals surface area contributed by atoms with E-state index in [0.717, 1.165) is 43.3 Å². The molecule has 1 aromatic heterocycles. The lowest BCUT2D eigenvalue weighted by atomic mass is 9.93. The Kier molecular flexibility index (Phi) is 3.27. The molecule has 0 unspecified atom stereocenters. The second-order valence-corrected chi connectivity index (χ2v) is 7.30. The van der Waals surface area contributed by atoms with Crippen LogP contribution in [0.3, 0.4) is 0 Å². The Hall–Kier alpha value is -1.32. The molecule has 1 amide bonds. The van der Waals surface area contributed by atoms with Gasteiger partial charge >= 0.3 is 0 Å². The van der Waals surface area contributed by atoms with Gasteiger partial charge in [-0.05, 0) is 56.8 Å². The fraction of sp³-hybridized carbons (Fsp3) is 0.765. The van der Waals surface area contributed by atoms with Crippen LogP contribution in [0.5, 0.6) is 0 Å². The van der Waals surface area contributed by atoms with E-state index >= 15 is 0 Å². The molecule has 0 saturated heterocycles. The summed E-state index contributed by atoms with van der Waals surface area (Å²) >= 11 is 0. The second kappa shape index (κ2) is 5.15. The number of carbonyl (C=O) groups excluding carboxylic acids is 1. The standard InChI is InChI=1S/C17H25N3O/c1-11-9-20-10-14(6-7-16(20)18-11)19-17(21)8-15(12-2-3-12)13-4-5-13/h9,12-15H,2-8,10H2,1H3,(H,19,21)/t14-/m0/s1. The van der Waals surface area contributed by atoms with E-state index in [2.05, 4.69) is 21.1 Å². The Morgan fingerprint density at radius 2 is 2.05 bits per heavy atom. The molecule has 0 spiro atoms. The maximum Gasteiger partial charge on any atom is 0.220 e. The molecule has 114 valence electrons. The number of rotatable bonds is 5. The van der Waals surface area contributed by atoms with Crippen molar-refractivity contribution in [1.82, 2.24) is 14.9 Å². The van der Waals surface area contributed by atoms with Gasteiger partial charge in [0.25, 0.3) is 0 Å². The molecule has 0 bridgehead atoms. The van der Waals surface area contributed by atoms with Gasteiger partial charge in [0.15, 0.2) is 0 Å². The van der Waals surface area contributed by atoms with Gasteiger partial charge in [-0.3, -0.25) is 4.79 Å². The predicted molar refractivity (Wildman–Crippen MR) is 80.8 cm³/mol. The summed E-state index contributed by atoms with van der Waals surface area (Å²) < 4.78 is 2.21. The number of amides is 1. The molecule has 0 aromatic carbocycles. The number of hydrogen-bond acceptors (Lipinski definition) is 2. The van der Waals surface area contributed by atoms with E-state index in [4.69, 9.17) is 0 Å². The second-order valence-electron chi connectivity index (χ2n) is 7.30. The molecular formula is C17H25N3O. The molecule has 1 N–H and O–H groups in total. The lowest BCUT2D eigenvalue weighted by Gasteiger charge is -2.25. The maximum absolute atomic E-state index is 12.4. The lowest BCUT2D eigenvalue weighted by molar-refractivity contribution is -0.123. The highest BCUT2D eigenvalue weighted by molar-refractivity contribution is 5.76. The van der Waals surface area contributed by atoms with Crippen LogP contribution in [0.2, 0.25) is 0 Å². The van der Waals surface area contributed by atoms with Crippen LogP contribution in [-0.4, -0.2) is 21.5 Å². The number of nitrogens with zero attached hydrogens (tertiary/aromatic N) is 2. The Morgan fingerprint density at radius 3 is 2.71 bits per heavy atom. The van der Waals surface area contributed by atoms with E-state index in [0.29, 0.717) is 5.92 Å². The van der Waals surface area contributed by atoms with Gasteiger partial charge < -0.3 is 9.88 Å². The normalized spacial score (nSPS) is 25.0. The molecule has 4 rings (SSSR count). The van der Waals surface area contributed by atoms with Crippen LogP contribution in [0, 0.1) is 24.7 Å². The minimum absolute atomic E-state index is 0.282. The SMILES string of the molecule is Cc1cn2c(n1)CC[C@H](NC(=O)CC(C1CC1)C1CC1)C2. The third-order valence-electron chi connectivity index (χ3n) is 5.35. The Balaban J connectivity index is 1.32. The summed E-state index contributed by atoms with van der Waals surface area (Å²) in [4.78, 5) is 16.9. The van der Waals surface area contributed by atoms with Gasteiger partial charge in [0.2, 0.25) is 5.91 Å². The van der Waals surface area contributed by atoms with Crippen molar-refractivity contribution in [3.05, 3.63) is 17.7 Å². The van der Waals surface area contributed by atoms with Crippen molar-refractivity contribution in [2.24, 2.45) is 17.8 Å². The number of hydrogen-bond donors (Lipinski definition) is 1. The molecule has 2 heterocycles. The fourth-order valence-corrected chi connectivity index (χ4v) is 3.97. The Labute approximate surface area is 126 Å². The molecule has 1 atom stereocenters. The highest BCUT2D eigenvalue weighted by Gasteiger charge is 2.42. The zero-order valence-electron chi connectivity index (χ0n) is 12.8. The van der Waals surface area contributed by atoms with E-state index < -0.39 is 0 Å². The average Bonchev–Trinajstić information content (AvgIpc) is 3.33. The van der Waals surface area contributed by atoms with E-state index in [1.165, 1.54) is 31.5 Å². The highest BCUT2D eigenvalue weighted by Crippen LogP contribution is 2.50. The minimum atomic E-state index is 0.282. The average molecular weight is 287 g/mol. The number of aromatic nitrogens is 2. The van der Waals surface area contributed by atoms with Crippen molar-refractivity contribution in [3.63, 3.8) is 0 Å². The third-order valence-corrected chi connectivity index (χ3v) is 5.35. The van der Waals surface area contributed by atoms with Crippen molar-refractivity contribution in [1.29, 1.82) is 0 Å². The number of imidazole rings is 1. The zero-order chi connectivity index (χ0) is 14.4. The molecule has 4 heteroatoms. The van der Waals surface area contributed by atoms with Gasteiger partial charge in [0.1, 0.15) is 5.82 Å². The van der Waals surface area contributed by atoms with Crippen LogP contribution >= 0.6 is 0 Å². The largest absolute Gasteiger partial charge is 0.352 e. The Morgan fingerprint density at radius 1 is 1.33 bits per heavy atom. The summed E-state index contributed by atoms with van der Waals surface area (Å²) in [6, 6.07) is 0.289. The van der Waals surface area contributed by atoms with Crippen LogP contribution < -0.4 is 5.32 Å². The number of carbonyl (C=O) groups is 1. The summed E-state index contributed by atoms with van der Waals surface area (Å²) in [6.45, 7) is 2.92. The van der Waals surface area contributed by atoms with E-state index in [-0.39, 0.29) is 11.9 Å². The van der Waals surface area contributed by atoms with Crippen molar-refractivity contribution in [2.75, 3.05) is 0 Å². The predicted octanol–water partition coefficient (Wildman–Crippen LogP) is 2.45. The maximum atomic E-state index is 12.4. The van der Waals surface area contributed by atoms with Gasteiger partial charge in [0.05, 0.1) is 5.69 Å². The molecule has 2 fully saturated rings.